The summed E-state index contributed by atoms with van der Waals surface area (Å²) in [7, 11) is 0. The van der Waals surface area contributed by atoms with E-state index in [0.717, 1.165) is 39.5 Å². The second-order valence-electron chi connectivity index (χ2n) is 13.6. The Morgan fingerprint density at radius 2 is 1.37 bits per heavy atom. The highest BCUT2D eigenvalue weighted by molar-refractivity contribution is 7.20. The molecular formula is C48H34N2S. The molecule has 0 N–H and O–H groups in total. The maximum atomic E-state index is 5.59. The number of nitrogens with zero attached hydrogens (tertiary/aromatic N) is 2. The van der Waals surface area contributed by atoms with Crippen LogP contribution >= 0.6 is 11.3 Å². The van der Waals surface area contributed by atoms with E-state index in [-0.39, 0.29) is 5.92 Å². The van der Waals surface area contributed by atoms with Gasteiger partial charge in [0.15, 0.2) is 0 Å². The summed E-state index contributed by atoms with van der Waals surface area (Å²) in [6, 6.07) is 57.1. The Morgan fingerprint density at radius 3 is 2.25 bits per heavy atom. The first-order chi connectivity index (χ1) is 25.1. The summed E-state index contributed by atoms with van der Waals surface area (Å²) < 4.78 is 3.58. The fraction of sp³-hybridized carbons (Fsp3) is 0.0625. The SMILES string of the molecule is C=C(c1ccc2c(c1)c1ccccc1n2-c1ccccc1)c1sc2ccccc2c1N=C(C)C1Cc2ccccc2-c2c1ccc1ccccc21. The minimum absolute atomic E-state index is 0.166. The number of benzene rings is 7. The van der Waals surface area contributed by atoms with Gasteiger partial charge in [-0.25, -0.2) is 0 Å². The molecule has 1 unspecified atom stereocenters. The van der Waals surface area contributed by atoms with Crippen molar-refractivity contribution in [3.8, 4) is 16.8 Å². The molecular weight excluding hydrogens is 637 g/mol. The summed E-state index contributed by atoms with van der Waals surface area (Å²) in [5.74, 6) is 0.166. The zero-order chi connectivity index (χ0) is 34.1. The first-order valence-electron chi connectivity index (χ1n) is 17.6. The van der Waals surface area contributed by atoms with Gasteiger partial charge < -0.3 is 4.57 Å². The van der Waals surface area contributed by atoms with E-state index in [1.54, 1.807) is 11.3 Å². The zero-order valence-corrected chi connectivity index (χ0v) is 29.1. The van der Waals surface area contributed by atoms with Crippen molar-refractivity contribution in [2.24, 2.45) is 4.99 Å². The van der Waals surface area contributed by atoms with E-state index in [1.165, 1.54) is 64.9 Å². The van der Waals surface area contributed by atoms with Crippen molar-refractivity contribution >= 4 is 71.0 Å². The lowest BCUT2D eigenvalue weighted by Crippen LogP contribution is -2.18. The quantitative estimate of drug-likeness (QED) is 0.162. The fourth-order valence-electron chi connectivity index (χ4n) is 8.27. The van der Waals surface area contributed by atoms with E-state index in [2.05, 4.69) is 169 Å². The van der Waals surface area contributed by atoms with Crippen molar-refractivity contribution in [2.75, 3.05) is 0 Å². The van der Waals surface area contributed by atoms with Crippen LogP contribution in [0.1, 0.15) is 34.4 Å². The summed E-state index contributed by atoms with van der Waals surface area (Å²) in [4.78, 5) is 6.71. The molecule has 0 saturated carbocycles. The largest absolute Gasteiger partial charge is 0.309 e. The van der Waals surface area contributed by atoms with Crippen LogP contribution in [0.3, 0.4) is 0 Å². The Labute approximate surface area is 301 Å². The van der Waals surface area contributed by atoms with Crippen molar-refractivity contribution in [3.63, 3.8) is 0 Å². The van der Waals surface area contributed by atoms with Gasteiger partial charge >= 0.3 is 0 Å². The number of fused-ring (bicyclic) bond motifs is 9. The fourth-order valence-corrected chi connectivity index (χ4v) is 9.41. The molecule has 2 heterocycles. The Kier molecular flexibility index (Phi) is 6.90. The van der Waals surface area contributed by atoms with Crippen LogP contribution in [-0.2, 0) is 6.42 Å². The molecule has 3 heteroatoms. The maximum absolute atomic E-state index is 5.59. The third-order valence-electron chi connectivity index (χ3n) is 10.7. The number of aliphatic imine (C=N–C) groups is 1. The van der Waals surface area contributed by atoms with Crippen LogP contribution < -0.4 is 0 Å². The lowest BCUT2D eigenvalue weighted by atomic mass is 9.75. The molecule has 0 radical (unpaired) electrons. The molecule has 7 aromatic carbocycles. The molecule has 1 aliphatic rings. The molecule has 10 rings (SSSR count). The van der Waals surface area contributed by atoms with E-state index < -0.39 is 0 Å². The van der Waals surface area contributed by atoms with Crippen molar-refractivity contribution < 1.29 is 0 Å². The van der Waals surface area contributed by atoms with Gasteiger partial charge in [-0.3, -0.25) is 4.99 Å². The van der Waals surface area contributed by atoms with Crippen molar-refractivity contribution in [1.82, 2.24) is 4.57 Å². The van der Waals surface area contributed by atoms with Gasteiger partial charge in [0.1, 0.15) is 0 Å². The molecule has 0 bridgehead atoms. The van der Waals surface area contributed by atoms with Gasteiger partial charge in [-0.1, -0.05) is 128 Å². The normalized spacial score (nSPS) is 14.3. The van der Waals surface area contributed by atoms with Crippen LogP contribution in [0.2, 0.25) is 0 Å². The predicted molar refractivity (Wildman–Crippen MR) is 219 cm³/mol. The number of hydrogen-bond donors (Lipinski definition) is 0. The van der Waals surface area contributed by atoms with Crippen LogP contribution in [-0.4, -0.2) is 10.3 Å². The van der Waals surface area contributed by atoms with Crippen LogP contribution in [0.25, 0.3) is 65.1 Å². The summed E-state index contributed by atoms with van der Waals surface area (Å²) in [6.45, 7) is 6.98. The minimum atomic E-state index is 0.166. The van der Waals surface area contributed by atoms with Gasteiger partial charge in [0.2, 0.25) is 0 Å². The average molecular weight is 671 g/mol. The van der Waals surface area contributed by atoms with Crippen molar-refractivity contribution in [2.45, 2.75) is 19.3 Å². The molecule has 242 valence electrons. The highest BCUT2D eigenvalue weighted by atomic mass is 32.1. The van der Waals surface area contributed by atoms with Crippen LogP contribution in [0.15, 0.2) is 169 Å². The number of thiophene rings is 1. The van der Waals surface area contributed by atoms with E-state index in [4.69, 9.17) is 11.6 Å². The molecule has 0 saturated heterocycles. The molecule has 2 aromatic heterocycles. The number of rotatable bonds is 5. The Bertz CT molecular complexity index is 2870. The molecule has 51 heavy (non-hydrogen) atoms. The average Bonchev–Trinajstić information content (AvgIpc) is 3.72. The second-order valence-corrected chi connectivity index (χ2v) is 14.6. The molecule has 2 nitrogen and oxygen atoms in total. The first kappa shape index (κ1) is 29.8. The third kappa shape index (κ3) is 4.73. The standard InChI is InChI=1S/C48H34N2S/c1-30(33-25-27-44-42(28-33)38-20-10-12-22-43(38)50(44)35-16-4-3-5-17-35)48-47(40-21-11-13-23-45(40)51-48)49-31(2)41-29-34-15-7-9-19-37(34)46-36-18-8-6-14-32(36)24-26-39(41)46/h3-28,41H,1,29H2,2H3. The van der Waals surface area contributed by atoms with Crippen molar-refractivity contribution in [3.05, 3.63) is 186 Å². The summed E-state index contributed by atoms with van der Waals surface area (Å²) >= 11 is 1.79. The lowest BCUT2D eigenvalue weighted by molar-refractivity contribution is 0.860. The van der Waals surface area contributed by atoms with Gasteiger partial charge in [-0.2, -0.15) is 0 Å². The zero-order valence-electron chi connectivity index (χ0n) is 28.3. The maximum Gasteiger partial charge on any atom is 0.0893 e. The van der Waals surface area contributed by atoms with Gasteiger partial charge in [-0.05, 0) is 93.9 Å². The topological polar surface area (TPSA) is 17.3 Å². The monoisotopic (exact) mass is 670 g/mol. The van der Waals surface area contributed by atoms with Gasteiger partial charge in [-0.15, -0.1) is 11.3 Å². The molecule has 0 aliphatic heterocycles. The Balaban J connectivity index is 1.12. The van der Waals surface area contributed by atoms with Gasteiger partial charge in [0.25, 0.3) is 0 Å². The van der Waals surface area contributed by atoms with E-state index in [0.29, 0.717) is 0 Å². The van der Waals surface area contributed by atoms with E-state index in [9.17, 15) is 0 Å². The minimum Gasteiger partial charge on any atom is -0.309 e. The van der Waals surface area contributed by atoms with Gasteiger partial charge in [0, 0.05) is 38.2 Å². The van der Waals surface area contributed by atoms with E-state index >= 15 is 0 Å². The summed E-state index contributed by atoms with van der Waals surface area (Å²) in [5, 5.41) is 6.21. The molecule has 0 fully saturated rings. The number of para-hydroxylation sites is 2. The third-order valence-corrected chi connectivity index (χ3v) is 11.9. The number of hydrogen-bond acceptors (Lipinski definition) is 2. The smallest absolute Gasteiger partial charge is 0.0893 e. The molecule has 1 aliphatic carbocycles. The number of aromatic nitrogens is 1. The Hall–Kier alpha value is -6.03. The van der Waals surface area contributed by atoms with E-state index in [1.807, 2.05) is 0 Å². The highest BCUT2D eigenvalue weighted by Crippen LogP contribution is 2.47. The summed E-state index contributed by atoms with van der Waals surface area (Å²) in [6.07, 6.45) is 0.928. The van der Waals surface area contributed by atoms with Gasteiger partial charge in [0.05, 0.1) is 21.6 Å². The lowest BCUT2D eigenvalue weighted by Gasteiger charge is -2.29. The van der Waals surface area contributed by atoms with Crippen molar-refractivity contribution in [1.29, 1.82) is 0 Å². The molecule has 0 spiro atoms. The first-order valence-corrected chi connectivity index (χ1v) is 18.4. The second kappa shape index (κ2) is 11.8. The molecule has 9 aromatic rings. The van der Waals surface area contributed by atoms with Crippen LogP contribution in [0.4, 0.5) is 5.69 Å². The summed E-state index contributed by atoms with van der Waals surface area (Å²) in [5.41, 5.74) is 13.2. The molecule has 1 atom stereocenters. The predicted octanol–water partition coefficient (Wildman–Crippen LogP) is 13.3. The van der Waals surface area contributed by atoms with Crippen LogP contribution in [0.5, 0.6) is 0 Å². The molecule has 0 amide bonds. The Morgan fingerprint density at radius 1 is 0.667 bits per heavy atom. The van der Waals surface area contributed by atoms with Crippen LogP contribution in [0, 0.1) is 0 Å². The highest BCUT2D eigenvalue weighted by Gasteiger charge is 2.29.